The van der Waals surface area contributed by atoms with Gasteiger partial charge in [0.05, 0.1) is 15.8 Å². The van der Waals surface area contributed by atoms with Crippen LogP contribution in [0, 0.1) is 0 Å². The molecule has 2 aromatic rings. The van der Waals surface area contributed by atoms with Crippen LogP contribution in [-0.4, -0.2) is 24.2 Å². The van der Waals surface area contributed by atoms with Crippen LogP contribution in [-0.2, 0) is 9.84 Å². The molecule has 1 aromatic carbocycles. The molecule has 0 aliphatic carbocycles. The number of halogens is 1. The molecule has 21 heavy (non-hydrogen) atoms. The van der Waals surface area contributed by atoms with Gasteiger partial charge in [0.15, 0.2) is 9.84 Å². The molecule has 0 aliphatic rings. The molecule has 1 heterocycles. The number of benzene rings is 1. The Kier molecular flexibility index (Phi) is 4.63. The molecule has 0 saturated carbocycles. The van der Waals surface area contributed by atoms with Crippen LogP contribution in [0.15, 0.2) is 23.1 Å². The average molecular weight is 329 g/mol. The molecule has 0 aliphatic heterocycles. The van der Waals surface area contributed by atoms with Crippen LogP contribution in [0.4, 0.5) is 0 Å². The Hall–Kier alpha value is -1.07. The van der Waals surface area contributed by atoms with Gasteiger partial charge in [0.25, 0.3) is 0 Å². The smallest absolute Gasteiger partial charge is 0.177 e. The second-order valence-electron chi connectivity index (χ2n) is 5.49. The maximum Gasteiger partial charge on any atom is 0.177 e. The zero-order valence-corrected chi connectivity index (χ0v) is 14.4. The van der Waals surface area contributed by atoms with E-state index >= 15 is 0 Å². The van der Waals surface area contributed by atoms with E-state index in [-0.39, 0.29) is 16.3 Å². The van der Waals surface area contributed by atoms with Gasteiger partial charge >= 0.3 is 0 Å². The quantitative estimate of drug-likeness (QED) is 0.776. The average Bonchev–Trinajstić information content (AvgIpc) is 2.76. The molecule has 0 spiro atoms. The number of imidazole rings is 1. The van der Waals surface area contributed by atoms with E-state index in [1.165, 1.54) is 6.26 Å². The first kappa shape index (κ1) is 16.3. The van der Waals surface area contributed by atoms with Crippen molar-refractivity contribution in [1.82, 2.24) is 9.55 Å². The predicted molar refractivity (Wildman–Crippen MR) is 86.7 cm³/mol. The van der Waals surface area contributed by atoms with Gasteiger partial charge in [0, 0.05) is 12.3 Å². The number of para-hydroxylation sites is 1. The highest BCUT2D eigenvalue weighted by molar-refractivity contribution is 7.91. The summed E-state index contributed by atoms with van der Waals surface area (Å²) in [6.07, 6.45) is 3.24. The van der Waals surface area contributed by atoms with Gasteiger partial charge in [0.2, 0.25) is 0 Å². The van der Waals surface area contributed by atoms with E-state index in [9.17, 15) is 8.42 Å². The fraction of sp³-hybridized carbons (Fsp3) is 0.533. The molecular weight excluding hydrogens is 308 g/mol. The first-order chi connectivity index (χ1) is 9.77. The van der Waals surface area contributed by atoms with Gasteiger partial charge in [-0.2, -0.15) is 0 Å². The van der Waals surface area contributed by atoms with Crippen molar-refractivity contribution in [2.75, 3.05) is 6.26 Å². The van der Waals surface area contributed by atoms with Crippen molar-refractivity contribution in [2.24, 2.45) is 0 Å². The molecule has 0 N–H and O–H groups in total. The molecular formula is C15H21ClN2O2S. The maximum atomic E-state index is 12.0. The van der Waals surface area contributed by atoms with Crippen molar-refractivity contribution in [1.29, 1.82) is 0 Å². The number of nitrogens with zero attached hydrogens (tertiary/aromatic N) is 2. The van der Waals surface area contributed by atoms with Crippen molar-refractivity contribution in [3.8, 4) is 0 Å². The van der Waals surface area contributed by atoms with E-state index in [4.69, 9.17) is 11.6 Å². The van der Waals surface area contributed by atoms with Crippen LogP contribution in [0.5, 0.6) is 0 Å². The van der Waals surface area contributed by atoms with Gasteiger partial charge in [-0.1, -0.05) is 19.4 Å². The zero-order chi connectivity index (χ0) is 15.8. The van der Waals surface area contributed by atoms with Crippen LogP contribution in [0.1, 0.15) is 50.9 Å². The highest BCUT2D eigenvalue weighted by Crippen LogP contribution is 2.32. The fourth-order valence-corrected chi connectivity index (χ4v) is 3.68. The highest BCUT2D eigenvalue weighted by Gasteiger charge is 2.22. The summed E-state index contributed by atoms with van der Waals surface area (Å²) in [5.41, 5.74) is 1.35. The molecule has 0 fully saturated rings. The Morgan fingerprint density at radius 1 is 1.33 bits per heavy atom. The van der Waals surface area contributed by atoms with E-state index in [2.05, 4.69) is 23.4 Å². The number of fused-ring (bicyclic) bond motifs is 1. The topological polar surface area (TPSA) is 52.0 Å². The Morgan fingerprint density at radius 3 is 2.52 bits per heavy atom. The first-order valence-corrected chi connectivity index (χ1v) is 9.45. The molecule has 1 aromatic heterocycles. The summed E-state index contributed by atoms with van der Waals surface area (Å²) in [7, 11) is -3.32. The lowest BCUT2D eigenvalue weighted by atomic mass is 10.2. The summed E-state index contributed by atoms with van der Waals surface area (Å²) in [6, 6.07) is 5.50. The Bertz CT molecular complexity index is 750. The second-order valence-corrected chi connectivity index (χ2v) is 8.13. The molecule has 2 unspecified atom stereocenters. The van der Waals surface area contributed by atoms with Gasteiger partial charge in [-0.25, -0.2) is 13.4 Å². The van der Waals surface area contributed by atoms with Gasteiger partial charge < -0.3 is 4.57 Å². The third kappa shape index (κ3) is 3.09. The third-order valence-corrected chi connectivity index (χ3v) is 4.94. The van der Waals surface area contributed by atoms with E-state index in [1.54, 1.807) is 12.1 Å². The standard InChI is InChI=1S/C15H21ClN2O2S/c1-5-7-10(2)18-12-8-6-9-13(21(4,19)20)14(12)17-15(18)11(3)16/h6,8-11H,5,7H2,1-4H3. The number of hydrogen-bond donors (Lipinski definition) is 0. The fourth-order valence-electron chi connectivity index (χ4n) is 2.70. The van der Waals surface area contributed by atoms with Crippen LogP contribution in [0.3, 0.4) is 0 Å². The molecule has 0 bridgehead atoms. The number of alkyl halides is 1. The largest absolute Gasteiger partial charge is 0.324 e. The van der Waals surface area contributed by atoms with E-state index in [0.29, 0.717) is 5.52 Å². The summed E-state index contributed by atoms with van der Waals surface area (Å²) in [4.78, 5) is 4.80. The molecule has 4 nitrogen and oxygen atoms in total. The van der Waals surface area contributed by atoms with Crippen molar-refractivity contribution < 1.29 is 8.42 Å². The van der Waals surface area contributed by atoms with E-state index in [0.717, 1.165) is 24.2 Å². The Morgan fingerprint density at radius 2 is 2.00 bits per heavy atom. The number of sulfone groups is 1. The van der Waals surface area contributed by atoms with Gasteiger partial charge in [0.1, 0.15) is 11.3 Å². The number of rotatable bonds is 5. The van der Waals surface area contributed by atoms with Gasteiger partial charge in [-0.05, 0) is 32.4 Å². The highest BCUT2D eigenvalue weighted by atomic mass is 35.5. The minimum atomic E-state index is -3.32. The lowest BCUT2D eigenvalue weighted by molar-refractivity contribution is 0.494. The summed E-state index contributed by atoms with van der Waals surface area (Å²) < 4.78 is 26.0. The van der Waals surface area contributed by atoms with Crippen molar-refractivity contribution >= 4 is 32.5 Å². The van der Waals surface area contributed by atoms with Gasteiger partial charge in [-0.15, -0.1) is 11.6 Å². The third-order valence-electron chi connectivity index (χ3n) is 3.61. The first-order valence-electron chi connectivity index (χ1n) is 7.12. The zero-order valence-electron chi connectivity index (χ0n) is 12.8. The molecule has 0 saturated heterocycles. The van der Waals surface area contributed by atoms with Crippen molar-refractivity contribution in [2.45, 2.75) is 49.9 Å². The molecule has 2 atom stereocenters. The summed E-state index contributed by atoms with van der Waals surface area (Å²) in [6.45, 7) is 6.10. The van der Waals surface area contributed by atoms with Crippen molar-refractivity contribution in [3.63, 3.8) is 0 Å². The lowest BCUT2D eigenvalue weighted by Gasteiger charge is -2.18. The van der Waals surface area contributed by atoms with Crippen LogP contribution < -0.4 is 0 Å². The maximum absolute atomic E-state index is 12.0. The monoisotopic (exact) mass is 328 g/mol. The number of hydrogen-bond acceptors (Lipinski definition) is 3. The van der Waals surface area contributed by atoms with Crippen LogP contribution in [0.2, 0.25) is 0 Å². The molecule has 0 amide bonds. The Balaban J connectivity index is 2.80. The number of aromatic nitrogens is 2. The molecule has 116 valence electrons. The molecule has 0 radical (unpaired) electrons. The van der Waals surface area contributed by atoms with Crippen LogP contribution >= 0.6 is 11.6 Å². The van der Waals surface area contributed by atoms with Gasteiger partial charge in [-0.3, -0.25) is 0 Å². The summed E-state index contributed by atoms with van der Waals surface area (Å²) in [5, 5.41) is -0.274. The minimum absolute atomic E-state index is 0.228. The SMILES string of the molecule is CCCC(C)n1c(C(C)Cl)nc2c(S(C)(=O)=O)cccc21. The summed E-state index contributed by atoms with van der Waals surface area (Å²) >= 11 is 6.26. The van der Waals surface area contributed by atoms with E-state index < -0.39 is 9.84 Å². The predicted octanol–water partition coefficient (Wildman–Crippen LogP) is 4.10. The Labute approximate surface area is 131 Å². The molecule has 2 rings (SSSR count). The normalized spacial score (nSPS) is 15.3. The van der Waals surface area contributed by atoms with E-state index in [1.807, 2.05) is 13.0 Å². The minimum Gasteiger partial charge on any atom is -0.324 e. The second kappa shape index (κ2) is 5.97. The summed E-state index contributed by atoms with van der Waals surface area (Å²) in [5.74, 6) is 0.726. The lowest BCUT2D eigenvalue weighted by Crippen LogP contribution is -2.09. The van der Waals surface area contributed by atoms with Crippen molar-refractivity contribution in [3.05, 3.63) is 24.0 Å². The molecule has 6 heteroatoms. The van der Waals surface area contributed by atoms with Crippen LogP contribution in [0.25, 0.3) is 11.0 Å².